The summed E-state index contributed by atoms with van der Waals surface area (Å²) in [4.78, 5) is 15.9. The fraction of sp³-hybridized carbons (Fsp3) is 0.375. The summed E-state index contributed by atoms with van der Waals surface area (Å²) in [5.41, 5.74) is 3.28. The summed E-state index contributed by atoms with van der Waals surface area (Å²) in [5, 5.41) is 13.1. The van der Waals surface area contributed by atoms with Crippen LogP contribution in [-0.4, -0.2) is 31.0 Å². The first-order chi connectivity index (χ1) is 10.1. The molecule has 1 aliphatic rings. The summed E-state index contributed by atoms with van der Waals surface area (Å²) in [7, 11) is 3.14. The number of carboxylic acids is 1. The molecule has 0 saturated carbocycles. The summed E-state index contributed by atoms with van der Waals surface area (Å²) in [5.74, 6) is -0.176. The molecule has 1 N–H and O–H groups in total. The second kappa shape index (κ2) is 6.43. The summed E-state index contributed by atoms with van der Waals surface area (Å²) in [6.45, 7) is 3.61. The molecular weight excluding hydrogens is 270 g/mol. The van der Waals surface area contributed by atoms with E-state index < -0.39 is 5.97 Å². The molecule has 0 spiro atoms. The molecule has 2 rings (SSSR count). The van der Waals surface area contributed by atoms with Crippen LogP contribution in [0.15, 0.2) is 35.5 Å². The van der Waals surface area contributed by atoms with Crippen LogP contribution in [0.4, 0.5) is 0 Å². The molecule has 0 bridgehead atoms. The van der Waals surface area contributed by atoms with Gasteiger partial charge >= 0.3 is 5.97 Å². The molecule has 1 aromatic rings. The van der Waals surface area contributed by atoms with Crippen LogP contribution in [0.25, 0.3) is 0 Å². The van der Waals surface area contributed by atoms with Crippen LogP contribution in [-0.2, 0) is 22.5 Å². The van der Waals surface area contributed by atoms with Gasteiger partial charge < -0.3 is 14.7 Å². The van der Waals surface area contributed by atoms with Crippen LogP contribution in [0.2, 0.25) is 0 Å². The molecular formula is C16H19NO4. The fourth-order valence-electron chi connectivity index (χ4n) is 2.70. The van der Waals surface area contributed by atoms with Gasteiger partial charge in [0.2, 0.25) is 0 Å². The number of carboxylic acid groups (broad SMARTS) is 1. The highest BCUT2D eigenvalue weighted by molar-refractivity contribution is 5.93. The highest BCUT2D eigenvalue weighted by Crippen LogP contribution is 2.33. The molecule has 1 aromatic carbocycles. The number of hydrogen-bond acceptors (Lipinski definition) is 4. The third kappa shape index (κ3) is 3.24. The van der Waals surface area contributed by atoms with Crippen molar-refractivity contribution in [1.82, 2.24) is 0 Å². The van der Waals surface area contributed by atoms with Gasteiger partial charge in [0.15, 0.2) is 0 Å². The van der Waals surface area contributed by atoms with Gasteiger partial charge in [-0.15, -0.1) is 0 Å². The van der Waals surface area contributed by atoms with Crippen LogP contribution in [0, 0.1) is 5.92 Å². The maximum atomic E-state index is 11.0. The molecule has 0 amide bonds. The minimum Gasteiger partial charge on any atom is -0.496 e. The number of fused-ring (bicyclic) bond motifs is 1. The van der Waals surface area contributed by atoms with Crippen molar-refractivity contribution in [2.75, 3.05) is 14.2 Å². The number of ether oxygens (including phenoxy) is 1. The number of nitrogens with zero attached hydrogens (tertiary/aromatic N) is 1. The molecule has 1 atom stereocenters. The average Bonchev–Trinajstić information content (AvgIpc) is 2.47. The molecule has 0 radical (unpaired) electrons. The van der Waals surface area contributed by atoms with Gasteiger partial charge in [-0.1, -0.05) is 23.9 Å². The Hall–Kier alpha value is -2.30. The summed E-state index contributed by atoms with van der Waals surface area (Å²) in [6.07, 6.45) is 1.67. The number of carbonyl (C=O) groups is 1. The molecule has 1 aliphatic carbocycles. The van der Waals surface area contributed by atoms with Crippen LogP contribution in [0.5, 0.6) is 5.75 Å². The Morgan fingerprint density at radius 2 is 2.24 bits per heavy atom. The van der Waals surface area contributed by atoms with Crippen LogP contribution < -0.4 is 4.74 Å². The largest absolute Gasteiger partial charge is 0.496 e. The van der Waals surface area contributed by atoms with E-state index in [9.17, 15) is 4.79 Å². The lowest BCUT2D eigenvalue weighted by Crippen LogP contribution is -2.27. The first-order valence-corrected chi connectivity index (χ1v) is 6.72. The van der Waals surface area contributed by atoms with Crippen molar-refractivity contribution in [3.8, 4) is 5.75 Å². The molecule has 0 heterocycles. The molecule has 0 aliphatic heterocycles. The van der Waals surface area contributed by atoms with E-state index in [0.29, 0.717) is 19.3 Å². The fourth-order valence-corrected chi connectivity index (χ4v) is 2.70. The first-order valence-electron chi connectivity index (χ1n) is 6.72. The molecule has 5 heteroatoms. The Morgan fingerprint density at radius 3 is 2.86 bits per heavy atom. The SMILES string of the molecule is C=C(CC1Cc2c(cccc2OC)CC1=NOC)C(=O)O. The van der Waals surface area contributed by atoms with E-state index in [0.717, 1.165) is 22.6 Å². The van der Waals surface area contributed by atoms with Crippen LogP contribution in [0.3, 0.4) is 0 Å². The van der Waals surface area contributed by atoms with Crippen molar-refractivity contribution >= 4 is 11.7 Å². The van der Waals surface area contributed by atoms with Crippen molar-refractivity contribution in [2.24, 2.45) is 11.1 Å². The number of benzene rings is 1. The van der Waals surface area contributed by atoms with Gasteiger partial charge in [0.05, 0.1) is 12.8 Å². The predicted molar refractivity (Wildman–Crippen MR) is 79.7 cm³/mol. The molecule has 0 aromatic heterocycles. The van der Waals surface area contributed by atoms with E-state index in [2.05, 4.69) is 11.7 Å². The van der Waals surface area contributed by atoms with Crippen molar-refractivity contribution in [2.45, 2.75) is 19.3 Å². The zero-order chi connectivity index (χ0) is 15.4. The van der Waals surface area contributed by atoms with E-state index >= 15 is 0 Å². The second-order valence-corrected chi connectivity index (χ2v) is 5.05. The third-order valence-corrected chi connectivity index (χ3v) is 3.75. The average molecular weight is 289 g/mol. The van der Waals surface area contributed by atoms with E-state index in [4.69, 9.17) is 14.7 Å². The van der Waals surface area contributed by atoms with E-state index in [1.807, 2.05) is 18.2 Å². The Labute approximate surface area is 123 Å². The standard InChI is InChI=1S/C16H19NO4/c1-10(16(18)19)7-12-8-13-11(9-14(12)17-21-3)5-4-6-15(13)20-2/h4-6,12H,1,7-9H2,2-3H3,(H,18,19). The number of aliphatic carboxylic acids is 1. The molecule has 0 saturated heterocycles. The maximum absolute atomic E-state index is 11.0. The monoisotopic (exact) mass is 289 g/mol. The highest BCUT2D eigenvalue weighted by atomic mass is 16.6. The second-order valence-electron chi connectivity index (χ2n) is 5.05. The zero-order valence-corrected chi connectivity index (χ0v) is 12.3. The minimum absolute atomic E-state index is 0.0302. The van der Waals surface area contributed by atoms with Crippen LogP contribution in [0.1, 0.15) is 17.5 Å². The maximum Gasteiger partial charge on any atom is 0.330 e. The molecule has 0 fully saturated rings. The number of oxime groups is 1. The Morgan fingerprint density at radius 1 is 1.48 bits per heavy atom. The van der Waals surface area contributed by atoms with Gasteiger partial charge in [-0.25, -0.2) is 4.79 Å². The van der Waals surface area contributed by atoms with Gasteiger partial charge in [0, 0.05) is 17.9 Å². The van der Waals surface area contributed by atoms with Gasteiger partial charge in [-0.3, -0.25) is 0 Å². The van der Waals surface area contributed by atoms with Crippen molar-refractivity contribution in [3.63, 3.8) is 0 Å². The predicted octanol–water partition coefficient (Wildman–Crippen LogP) is 2.44. The molecule has 112 valence electrons. The van der Waals surface area contributed by atoms with Crippen molar-refractivity contribution in [3.05, 3.63) is 41.5 Å². The van der Waals surface area contributed by atoms with Crippen molar-refractivity contribution in [1.29, 1.82) is 0 Å². The lowest BCUT2D eigenvalue weighted by molar-refractivity contribution is -0.132. The smallest absolute Gasteiger partial charge is 0.330 e. The zero-order valence-electron chi connectivity index (χ0n) is 12.3. The normalized spacial score (nSPS) is 19.0. The summed E-state index contributed by atoms with van der Waals surface area (Å²) in [6, 6.07) is 5.89. The molecule has 21 heavy (non-hydrogen) atoms. The van der Waals surface area contributed by atoms with E-state index in [-0.39, 0.29) is 11.5 Å². The number of hydrogen-bond donors (Lipinski definition) is 1. The van der Waals surface area contributed by atoms with Crippen LogP contribution >= 0.6 is 0 Å². The highest BCUT2D eigenvalue weighted by Gasteiger charge is 2.28. The Balaban J connectivity index is 2.33. The van der Waals surface area contributed by atoms with Gasteiger partial charge in [0.25, 0.3) is 0 Å². The summed E-state index contributed by atoms with van der Waals surface area (Å²) < 4.78 is 5.40. The minimum atomic E-state index is -0.974. The third-order valence-electron chi connectivity index (χ3n) is 3.75. The van der Waals surface area contributed by atoms with Gasteiger partial charge in [-0.05, 0) is 30.0 Å². The number of methoxy groups -OCH3 is 1. The Bertz CT molecular complexity index is 592. The topological polar surface area (TPSA) is 68.1 Å². The number of rotatable bonds is 5. The van der Waals surface area contributed by atoms with Gasteiger partial charge in [0.1, 0.15) is 12.9 Å². The first kappa shape index (κ1) is 15.1. The lowest BCUT2D eigenvalue weighted by atomic mass is 9.79. The quantitative estimate of drug-likeness (QED) is 0.668. The van der Waals surface area contributed by atoms with E-state index in [1.54, 1.807) is 7.11 Å². The van der Waals surface area contributed by atoms with Gasteiger partial charge in [-0.2, -0.15) is 0 Å². The lowest BCUT2D eigenvalue weighted by Gasteiger charge is -2.27. The van der Waals surface area contributed by atoms with Crippen molar-refractivity contribution < 1.29 is 19.5 Å². The van der Waals surface area contributed by atoms with E-state index in [1.165, 1.54) is 7.11 Å². The molecule has 5 nitrogen and oxygen atoms in total. The molecule has 1 unspecified atom stereocenters. The summed E-state index contributed by atoms with van der Waals surface area (Å²) >= 11 is 0. The Kier molecular flexibility index (Phi) is 4.62.